The minimum atomic E-state index is -1.36. The SMILES string of the molecule is CC(=O)c1ccc(NC(=O)N[C@@H](C)C(=O)[O-])cc1. The number of rotatable bonds is 4. The Balaban J connectivity index is 2.60. The normalized spacial score (nSPS) is 11.4. The lowest BCUT2D eigenvalue weighted by atomic mass is 10.1. The molecule has 0 bridgehead atoms. The summed E-state index contributed by atoms with van der Waals surface area (Å²) < 4.78 is 0. The fourth-order valence-electron chi connectivity index (χ4n) is 1.21. The quantitative estimate of drug-likeness (QED) is 0.742. The van der Waals surface area contributed by atoms with Crippen molar-refractivity contribution in [1.82, 2.24) is 5.32 Å². The van der Waals surface area contributed by atoms with E-state index in [9.17, 15) is 19.5 Å². The molecule has 1 aromatic carbocycles. The summed E-state index contributed by atoms with van der Waals surface area (Å²) in [6.45, 7) is 2.74. The van der Waals surface area contributed by atoms with Crippen LogP contribution in [0.25, 0.3) is 0 Å². The lowest BCUT2D eigenvalue weighted by Gasteiger charge is -2.15. The number of benzene rings is 1. The Morgan fingerprint density at radius 3 is 2.17 bits per heavy atom. The van der Waals surface area contributed by atoms with E-state index >= 15 is 0 Å². The van der Waals surface area contributed by atoms with Gasteiger partial charge in [0.1, 0.15) is 0 Å². The van der Waals surface area contributed by atoms with Gasteiger partial charge in [0.25, 0.3) is 0 Å². The van der Waals surface area contributed by atoms with Crippen molar-refractivity contribution in [1.29, 1.82) is 0 Å². The van der Waals surface area contributed by atoms with Crippen molar-refractivity contribution in [3.63, 3.8) is 0 Å². The second kappa shape index (κ2) is 5.81. The molecule has 18 heavy (non-hydrogen) atoms. The molecule has 96 valence electrons. The average molecular weight is 249 g/mol. The van der Waals surface area contributed by atoms with Crippen LogP contribution >= 0.6 is 0 Å². The van der Waals surface area contributed by atoms with Gasteiger partial charge in [-0.2, -0.15) is 0 Å². The number of carbonyl (C=O) groups is 3. The van der Waals surface area contributed by atoms with Crippen LogP contribution in [0.1, 0.15) is 24.2 Å². The number of hydrogen-bond acceptors (Lipinski definition) is 4. The summed E-state index contributed by atoms with van der Waals surface area (Å²) in [5.74, 6) is -1.44. The predicted octanol–water partition coefficient (Wildman–Crippen LogP) is 0.149. The maximum absolute atomic E-state index is 11.4. The zero-order valence-electron chi connectivity index (χ0n) is 10.0. The van der Waals surface area contributed by atoms with Crippen LogP contribution in [-0.4, -0.2) is 23.8 Å². The Morgan fingerprint density at radius 2 is 1.72 bits per heavy atom. The van der Waals surface area contributed by atoms with Crippen LogP contribution in [0.3, 0.4) is 0 Å². The molecule has 0 aromatic heterocycles. The molecule has 1 atom stereocenters. The van der Waals surface area contributed by atoms with E-state index < -0.39 is 18.0 Å². The topological polar surface area (TPSA) is 98.3 Å². The summed E-state index contributed by atoms with van der Waals surface area (Å²) in [4.78, 5) is 32.8. The average Bonchev–Trinajstić information content (AvgIpc) is 2.29. The van der Waals surface area contributed by atoms with Crippen molar-refractivity contribution in [2.45, 2.75) is 19.9 Å². The van der Waals surface area contributed by atoms with Crippen LogP contribution in [0.5, 0.6) is 0 Å². The highest BCUT2D eigenvalue weighted by atomic mass is 16.4. The summed E-state index contributed by atoms with van der Waals surface area (Å²) in [7, 11) is 0. The molecule has 2 amide bonds. The van der Waals surface area contributed by atoms with E-state index in [0.717, 1.165) is 0 Å². The number of aliphatic carboxylic acids is 1. The van der Waals surface area contributed by atoms with Crippen molar-refractivity contribution < 1.29 is 19.5 Å². The van der Waals surface area contributed by atoms with E-state index in [1.807, 2.05) is 0 Å². The number of amides is 2. The summed E-state index contributed by atoms with van der Waals surface area (Å²) >= 11 is 0. The maximum Gasteiger partial charge on any atom is 0.319 e. The summed E-state index contributed by atoms with van der Waals surface area (Å²) in [6, 6.07) is 4.52. The number of carboxylic acids is 1. The van der Waals surface area contributed by atoms with Gasteiger partial charge in [0.2, 0.25) is 0 Å². The molecule has 6 nitrogen and oxygen atoms in total. The molecule has 0 unspecified atom stereocenters. The molecule has 0 aliphatic carbocycles. The van der Waals surface area contributed by atoms with Crippen molar-refractivity contribution in [3.05, 3.63) is 29.8 Å². The molecular formula is C12H13N2O4-. The van der Waals surface area contributed by atoms with E-state index in [1.165, 1.54) is 13.8 Å². The third-order valence-electron chi connectivity index (χ3n) is 2.25. The zero-order chi connectivity index (χ0) is 13.7. The van der Waals surface area contributed by atoms with Gasteiger partial charge in [-0.1, -0.05) is 0 Å². The third-order valence-corrected chi connectivity index (χ3v) is 2.25. The summed E-state index contributed by atoms with van der Waals surface area (Å²) in [6.07, 6.45) is 0. The Labute approximate surface area is 104 Å². The number of Topliss-reactive ketones (excluding diaryl/α,β-unsaturated/α-hetero) is 1. The molecule has 0 radical (unpaired) electrons. The summed E-state index contributed by atoms with van der Waals surface area (Å²) in [5, 5.41) is 15.0. The smallest absolute Gasteiger partial charge is 0.319 e. The molecule has 0 saturated carbocycles. The Bertz CT molecular complexity index is 467. The molecule has 1 aromatic rings. The van der Waals surface area contributed by atoms with Crippen molar-refractivity contribution >= 4 is 23.5 Å². The molecular weight excluding hydrogens is 236 g/mol. The molecule has 0 aliphatic rings. The van der Waals surface area contributed by atoms with Crippen LogP contribution in [0, 0.1) is 0 Å². The van der Waals surface area contributed by atoms with Crippen LogP contribution in [0.2, 0.25) is 0 Å². The first kappa shape index (κ1) is 13.7. The molecule has 0 aliphatic heterocycles. The number of carbonyl (C=O) groups excluding carboxylic acids is 3. The summed E-state index contributed by atoms with van der Waals surface area (Å²) in [5.41, 5.74) is 0.993. The monoisotopic (exact) mass is 249 g/mol. The molecule has 0 spiro atoms. The molecule has 1 rings (SSSR count). The van der Waals surface area contributed by atoms with E-state index in [1.54, 1.807) is 24.3 Å². The van der Waals surface area contributed by atoms with Crippen molar-refractivity contribution in [2.75, 3.05) is 5.32 Å². The second-order valence-electron chi connectivity index (χ2n) is 3.77. The maximum atomic E-state index is 11.4. The number of urea groups is 1. The Hall–Kier alpha value is -2.37. The highest BCUT2D eigenvalue weighted by Crippen LogP contribution is 2.09. The van der Waals surface area contributed by atoms with E-state index in [-0.39, 0.29) is 5.78 Å². The highest BCUT2D eigenvalue weighted by Gasteiger charge is 2.08. The van der Waals surface area contributed by atoms with Crippen LogP contribution in [-0.2, 0) is 4.79 Å². The standard InChI is InChI=1S/C12H14N2O4/c1-7(11(16)17)13-12(18)14-10-5-3-9(4-6-10)8(2)15/h3-7H,1-2H3,(H,16,17)(H2,13,14,18)/p-1/t7-/m0/s1. The van der Waals surface area contributed by atoms with Gasteiger partial charge >= 0.3 is 6.03 Å². The number of anilines is 1. The fraction of sp³-hybridized carbons (Fsp3) is 0.250. The van der Waals surface area contributed by atoms with Gasteiger partial charge in [0, 0.05) is 11.3 Å². The van der Waals surface area contributed by atoms with Gasteiger partial charge in [-0.3, -0.25) is 4.79 Å². The van der Waals surface area contributed by atoms with Crippen LogP contribution in [0.15, 0.2) is 24.3 Å². The lowest BCUT2D eigenvalue weighted by Crippen LogP contribution is -2.47. The minimum absolute atomic E-state index is 0.0726. The van der Waals surface area contributed by atoms with Gasteiger partial charge in [-0.05, 0) is 38.1 Å². The van der Waals surface area contributed by atoms with E-state index in [4.69, 9.17) is 0 Å². The van der Waals surface area contributed by atoms with Gasteiger partial charge in [0.05, 0.1) is 12.0 Å². The van der Waals surface area contributed by atoms with Crippen LogP contribution in [0.4, 0.5) is 10.5 Å². The lowest BCUT2D eigenvalue weighted by molar-refractivity contribution is -0.307. The van der Waals surface area contributed by atoms with Gasteiger partial charge in [-0.25, -0.2) is 4.79 Å². The number of hydrogen-bond donors (Lipinski definition) is 2. The first-order valence-corrected chi connectivity index (χ1v) is 5.29. The number of nitrogens with one attached hydrogen (secondary N) is 2. The van der Waals surface area contributed by atoms with Crippen molar-refractivity contribution in [3.8, 4) is 0 Å². The second-order valence-corrected chi connectivity index (χ2v) is 3.77. The van der Waals surface area contributed by atoms with Gasteiger partial charge in [-0.15, -0.1) is 0 Å². The predicted molar refractivity (Wildman–Crippen MR) is 63.1 cm³/mol. The largest absolute Gasteiger partial charge is 0.548 e. The van der Waals surface area contributed by atoms with E-state index in [2.05, 4.69) is 10.6 Å². The molecule has 2 N–H and O–H groups in total. The van der Waals surface area contributed by atoms with Crippen molar-refractivity contribution in [2.24, 2.45) is 0 Å². The number of ketones is 1. The fourth-order valence-corrected chi connectivity index (χ4v) is 1.21. The third kappa shape index (κ3) is 3.89. The Kier molecular flexibility index (Phi) is 4.42. The van der Waals surface area contributed by atoms with Crippen LogP contribution < -0.4 is 15.7 Å². The first-order valence-electron chi connectivity index (χ1n) is 5.29. The van der Waals surface area contributed by atoms with Gasteiger partial charge < -0.3 is 20.5 Å². The highest BCUT2D eigenvalue weighted by molar-refractivity contribution is 5.95. The molecule has 6 heteroatoms. The number of carboxylic acid groups (broad SMARTS) is 1. The van der Waals surface area contributed by atoms with Gasteiger partial charge in [0.15, 0.2) is 5.78 Å². The zero-order valence-corrected chi connectivity index (χ0v) is 10.0. The Morgan fingerprint density at radius 1 is 1.17 bits per heavy atom. The molecule has 0 heterocycles. The molecule has 0 saturated heterocycles. The van der Waals surface area contributed by atoms with E-state index in [0.29, 0.717) is 11.3 Å². The molecule has 0 fully saturated rings. The first-order chi connectivity index (χ1) is 8.40. The minimum Gasteiger partial charge on any atom is -0.548 e.